The van der Waals surface area contributed by atoms with Crippen LogP contribution in [0.3, 0.4) is 0 Å². The predicted octanol–water partition coefficient (Wildman–Crippen LogP) is 2.88. The average Bonchev–Trinajstić information content (AvgIpc) is 3.08. The van der Waals surface area contributed by atoms with Crippen LogP contribution in [0.1, 0.15) is 41.7 Å². The molecule has 1 saturated carbocycles. The standard InChI is InChI=1S/C18H22ClN3O3/c19-15-5-3-14(4-6-15)18(24)10-22-9-16(20-21-22)12-25-17-7-1-13(11-23)2-8-17/h3-6,9,13,17,23H,1-2,7-8,10-12H2. The zero-order valence-electron chi connectivity index (χ0n) is 14.0. The summed E-state index contributed by atoms with van der Waals surface area (Å²) in [6, 6.07) is 6.80. The summed E-state index contributed by atoms with van der Waals surface area (Å²) in [5.74, 6) is 0.371. The van der Waals surface area contributed by atoms with Crippen LogP contribution in [0, 0.1) is 5.92 Å². The van der Waals surface area contributed by atoms with E-state index in [9.17, 15) is 4.79 Å². The van der Waals surface area contributed by atoms with E-state index in [4.69, 9.17) is 21.4 Å². The summed E-state index contributed by atoms with van der Waals surface area (Å²) < 4.78 is 7.41. The number of rotatable bonds is 7. The van der Waals surface area contributed by atoms with E-state index in [1.54, 1.807) is 30.5 Å². The SMILES string of the molecule is O=C(Cn1cc(COC2CCC(CO)CC2)nn1)c1ccc(Cl)cc1. The van der Waals surface area contributed by atoms with Crippen LogP contribution in [0.2, 0.25) is 5.02 Å². The zero-order chi connectivity index (χ0) is 17.6. The molecule has 2 aromatic rings. The minimum absolute atomic E-state index is 0.0450. The lowest BCUT2D eigenvalue weighted by Gasteiger charge is -2.26. The van der Waals surface area contributed by atoms with Crippen LogP contribution >= 0.6 is 11.6 Å². The summed E-state index contributed by atoms with van der Waals surface area (Å²) in [5, 5.41) is 17.8. The molecular weight excluding hydrogens is 342 g/mol. The second kappa shape index (κ2) is 8.56. The van der Waals surface area contributed by atoms with Gasteiger partial charge < -0.3 is 9.84 Å². The number of aliphatic hydroxyl groups is 1. The molecule has 1 aliphatic rings. The maximum absolute atomic E-state index is 12.2. The minimum atomic E-state index is -0.0450. The third-order valence-corrected chi connectivity index (χ3v) is 4.83. The lowest BCUT2D eigenvalue weighted by atomic mass is 9.88. The summed E-state index contributed by atoms with van der Waals surface area (Å²) >= 11 is 5.83. The third kappa shape index (κ3) is 5.11. The van der Waals surface area contributed by atoms with Gasteiger partial charge in [0.2, 0.25) is 0 Å². The van der Waals surface area contributed by atoms with Gasteiger partial charge in [-0.1, -0.05) is 16.8 Å². The summed E-state index contributed by atoms with van der Waals surface area (Å²) in [6.45, 7) is 0.794. The molecule has 0 radical (unpaired) electrons. The Bertz CT molecular complexity index is 694. The molecule has 0 spiro atoms. The molecule has 3 rings (SSSR count). The van der Waals surface area contributed by atoms with Crippen molar-refractivity contribution in [3.63, 3.8) is 0 Å². The van der Waals surface area contributed by atoms with Crippen LogP contribution < -0.4 is 0 Å². The van der Waals surface area contributed by atoms with Crippen molar-refractivity contribution in [2.75, 3.05) is 6.61 Å². The molecule has 0 aliphatic heterocycles. The molecule has 1 aliphatic carbocycles. The Morgan fingerprint density at radius 3 is 2.64 bits per heavy atom. The number of aromatic nitrogens is 3. The first-order valence-corrected chi connectivity index (χ1v) is 8.92. The van der Waals surface area contributed by atoms with Gasteiger partial charge in [0, 0.05) is 17.2 Å². The molecule has 25 heavy (non-hydrogen) atoms. The monoisotopic (exact) mass is 363 g/mol. The van der Waals surface area contributed by atoms with Crippen molar-refractivity contribution in [1.29, 1.82) is 0 Å². The topological polar surface area (TPSA) is 77.2 Å². The molecular formula is C18H22ClN3O3. The molecule has 1 fully saturated rings. The summed E-state index contributed by atoms with van der Waals surface area (Å²) in [4.78, 5) is 12.2. The average molecular weight is 364 g/mol. The molecule has 7 heteroatoms. The smallest absolute Gasteiger partial charge is 0.184 e. The van der Waals surface area contributed by atoms with E-state index in [0.29, 0.717) is 28.8 Å². The largest absolute Gasteiger partial charge is 0.396 e. The molecule has 0 saturated heterocycles. The van der Waals surface area contributed by atoms with Crippen LogP contribution in [0.25, 0.3) is 0 Å². The number of hydrogen-bond acceptors (Lipinski definition) is 5. The third-order valence-electron chi connectivity index (χ3n) is 4.58. The lowest BCUT2D eigenvalue weighted by molar-refractivity contribution is -0.000191. The van der Waals surface area contributed by atoms with Crippen molar-refractivity contribution >= 4 is 17.4 Å². The Morgan fingerprint density at radius 2 is 1.96 bits per heavy atom. The molecule has 1 aromatic carbocycles. The Kier molecular flexibility index (Phi) is 6.18. The number of benzene rings is 1. The van der Waals surface area contributed by atoms with Crippen LogP contribution in [0.15, 0.2) is 30.5 Å². The van der Waals surface area contributed by atoms with E-state index in [2.05, 4.69) is 10.3 Å². The number of carbonyl (C=O) groups excluding carboxylic acids is 1. The lowest BCUT2D eigenvalue weighted by Crippen LogP contribution is -2.23. The molecule has 1 aromatic heterocycles. The Morgan fingerprint density at radius 1 is 1.24 bits per heavy atom. The molecule has 134 valence electrons. The van der Waals surface area contributed by atoms with Crippen molar-refractivity contribution in [3.8, 4) is 0 Å². The van der Waals surface area contributed by atoms with Crippen molar-refractivity contribution < 1.29 is 14.6 Å². The van der Waals surface area contributed by atoms with Crippen molar-refractivity contribution in [2.24, 2.45) is 5.92 Å². The number of carbonyl (C=O) groups is 1. The van der Waals surface area contributed by atoms with E-state index in [0.717, 1.165) is 25.7 Å². The Labute approximate surface area is 151 Å². The fraction of sp³-hybridized carbons (Fsp3) is 0.500. The van der Waals surface area contributed by atoms with Gasteiger partial charge in [-0.15, -0.1) is 5.10 Å². The highest BCUT2D eigenvalue weighted by atomic mass is 35.5. The number of ketones is 1. The fourth-order valence-corrected chi connectivity index (χ4v) is 3.17. The predicted molar refractivity (Wildman–Crippen MR) is 93.4 cm³/mol. The van der Waals surface area contributed by atoms with Gasteiger partial charge in [0.15, 0.2) is 5.78 Å². The molecule has 1 heterocycles. The first kappa shape index (κ1) is 18.0. The Balaban J connectivity index is 1.47. The summed E-state index contributed by atoms with van der Waals surface area (Å²) in [7, 11) is 0. The quantitative estimate of drug-likeness (QED) is 0.765. The number of aliphatic hydroxyl groups excluding tert-OH is 1. The van der Waals surface area contributed by atoms with Gasteiger partial charge in [0.05, 0.1) is 18.9 Å². The maximum atomic E-state index is 12.2. The van der Waals surface area contributed by atoms with Crippen LogP contribution in [0.4, 0.5) is 0 Å². The van der Waals surface area contributed by atoms with Gasteiger partial charge in [-0.25, -0.2) is 4.68 Å². The fourth-order valence-electron chi connectivity index (χ4n) is 3.04. The van der Waals surface area contributed by atoms with Crippen molar-refractivity contribution in [1.82, 2.24) is 15.0 Å². The van der Waals surface area contributed by atoms with Gasteiger partial charge in [-0.2, -0.15) is 0 Å². The highest BCUT2D eigenvalue weighted by molar-refractivity contribution is 6.30. The first-order chi connectivity index (χ1) is 12.1. The van der Waals surface area contributed by atoms with Gasteiger partial charge in [-0.05, 0) is 55.9 Å². The summed E-state index contributed by atoms with van der Waals surface area (Å²) in [6.07, 6.45) is 5.90. The zero-order valence-corrected chi connectivity index (χ0v) is 14.7. The number of hydrogen-bond donors (Lipinski definition) is 1. The van der Waals surface area contributed by atoms with Gasteiger partial charge in [0.1, 0.15) is 12.2 Å². The van der Waals surface area contributed by atoms with Gasteiger partial charge in [0.25, 0.3) is 0 Å². The second-order valence-corrected chi connectivity index (χ2v) is 6.91. The van der Waals surface area contributed by atoms with Gasteiger partial charge >= 0.3 is 0 Å². The minimum Gasteiger partial charge on any atom is -0.396 e. The number of nitrogens with zero attached hydrogens (tertiary/aromatic N) is 3. The first-order valence-electron chi connectivity index (χ1n) is 8.54. The van der Waals surface area contributed by atoms with E-state index in [1.807, 2.05) is 0 Å². The number of ether oxygens (including phenoxy) is 1. The number of Topliss-reactive ketones (excluding diaryl/α,β-unsaturated/α-hetero) is 1. The summed E-state index contributed by atoms with van der Waals surface area (Å²) in [5.41, 5.74) is 1.31. The number of halogens is 1. The highest BCUT2D eigenvalue weighted by Crippen LogP contribution is 2.26. The maximum Gasteiger partial charge on any atom is 0.184 e. The molecule has 0 unspecified atom stereocenters. The van der Waals surface area contributed by atoms with E-state index < -0.39 is 0 Å². The highest BCUT2D eigenvalue weighted by Gasteiger charge is 2.21. The van der Waals surface area contributed by atoms with Crippen LogP contribution in [-0.4, -0.2) is 38.6 Å². The van der Waals surface area contributed by atoms with Crippen molar-refractivity contribution in [2.45, 2.75) is 44.9 Å². The van der Waals surface area contributed by atoms with E-state index in [-0.39, 0.29) is 25.0 Å². The molecule has 0 amide bonds. The molecule has 1 N–H and O–H groups in total. The van der Waals surface area contributed by atoms with E-state index in [1.165, 1.54) is 4.68 Å². The van der Waals surface area contributed by atoms with Crippen LogP contribution in [-0.2, 0) is 17.9 Å². The Hall–Kier alpha value is -1.76. The van der Waals surface area contributed by atoms with Gasteiger partial charge in [-0.3, -0.25) is 4.79 Å². The molecule has 0 bridgehead atoms. The normalized spacial score (nSPS) is 20.6. The molecule has 0 atom stereocenters. The van der Waals surface area contributed by atoms with Crippen molar-refractivity contribution in [3.05, 3.63) is 46.7 Å². The molecule has 6 nitrogen and oxygen atoms in total. The van der Waals surface area contributed by atoms with Crippen LogP contribution in [0.5, 0.6) is 0 Å². The second-order valence-electron chi connectivity index (χ2n) is 6.47. The van der Waals surface area contributed by atoms with E-state index >= 15 is 0 Å².